The average molecular weight is 217 g/mol. The summed E-state index contributed by atoms with van der Waals surface area (Å²) >= 11 is 5.66. The molecule has 0 N–H and O–H groups in total. The summed E-state index contributed by atoms with van der Waals surface area (Å²) in [7, 11) is 0. The van der Waals surface area contributed by atoms with Crippen LogP contribution in [0.3, 0.4) is 0 Å². The van der Waals surface area contributed by atoms with Crippen LogP contribution in [0.1, 0.15) is 40.0 Å². The summed E-state index contributed by atoms with van der Waals surface area (Å²) < 4.78 is 5.85. The minimum Gasteiger partial charge on any atom is -0.377 e. The van der Waals surface area contributed by atoms with E-state index in [-0.39, 0.29) is 0 Å². The Labute approximate surface area is 92.2 Å². The maximum atomic E-state index is 5.85. The van der Waals surface area contributed by atoms with Crippen LogP contribution >= 0.6 is 11.6 Å². The molecule has 2 fully saturated rings. The van der Waals surface area contributed by atoms with Gasteiger partial charge in [0.15, 0.2) is 0 Å². The van der Waals surface area contributed by atoms with E-state index in [2.05, 4.69) is 20.8 Å². The summed E-state index contributed by atoms with van der Waals surface area (Å²) in [6.45, 7) is 7.97. The van der Waals surface area contributed by atoms with Gasteiger partial charge in [-0.15, -0.1) is 11.6 Å². The summed E-state index contributed by atoms with van der Waals surface area (Å²) in [5.74, 6) is 1.39. The quantitative estimate of drug-likeness (QED) is 0.657. The highest BCUT2D eigenvalue weighted by atomic mass is 35.5. The number of ether oxygens (including phenoxy) is 1. The molecule has 2 aliphatic carbocycles. The lowest BCUT2D eigenvalue weighted by atomic mass is 9.71. The zero-order valence-electron chi connectivity index (χ0n) is 9.48. The summed E-state index contributed by atoms with van der Waals surface area (Å²) in [5, 5.41) is 0. The van der Waals surface area contributed by atoms with Crippen molar-refractivity contribution >= 4 is 11.6 Å². The molecule has 2 aliphatic rings. The molecule has 3 unspecified atom stereocenters. The predicted molar refractivity (Wildman–Crippen MR) is 59.7 cm³/mol. The van der Waals surface area contributed by atoms with Crippen LogP contribution in [0.5, 0.6) is 0 Å². The van der Waals surface area contributed by atoms with Crippen LogP contribution in [0, 0.1) is 16.7 Å². The molecule has 0 heterocycles. The third-order valence-corrected chi connectivity index (χ3v) is 5.15. The van der Waals surface area contributed by atoms with Gasteiger partial charge in [0.1, 0.15) is 0 Å². The van der Waals surface area contributed by atoms with E-state index in [0.29, 0.717) is 22.8 Å². The fourth-order valence-corrected chi connectivity index (χ4v) is 3.67. The number of hydrogen-bond acceptors (Lipinski definition) is 1. The third kappa shape index (κ3) is 1.32. The van der Waals surface area contributed by atoms with Crippen LogP contribution < -0.4 is 0 Å². The summed E-state index contributed by atoms with van der Waals surface area (Å²) in [4.78, 5) is 0. The maximum absolute atomic E-state index is 5.85. The second kappa shape index (κ2) is 3.38. The van der Waals surface area contributed by atoms with E-state index in [1.54, 1.807) is 0 Å². The first-order valence-corrected chi connectivity index (χ1v) is 6.22. The molecule has 0 aromatic rings. The molecular formula is C12H21ClO. The molecular weight excluding hydrogens is 196 g/mol. The van der Waals surface area contributed by atoms with Crippen LogP contribution in [0.2, 0.25) is 0 Å². The molecule has 0 aliphatic heterocycles. The Hall–Kier alpha value is 0.250. The van der Waals surface area contributed by atoms with Crippen molar-refractivity contribution in [3.05, 3.63) is 0 Å². The summed E-state index contributed by atoms with van der Waals surface area (Å²) in [5.41, 5.74) is 0.971. The van der Waals surface area contributed by atoms with E-state index in [1.807, 2.05) is 0 Å². The molecule has 0 saturated heterocycles. The van der Waals surface area contributed by atoms with Crippen molar-refractivity contribution in [2.75, 3.05) is 12.5 Å². The highest BCUT2D eigenvalue weighted by Crippen LogP contribution is 2.66. The van der Waals surface area contributed by atoms with Gasteiger partial charge in [-0.3, -0.25) is 0 Å². The molecule has 0 radical (unpaired) electrons. The zero-order chi connectivity index (χ0) is 10.4. The number of alkyl halides is 1. The third-order valence-electron chi connectivity index (χ3n) is 5.00. The zero-order valence-corrected chi connectivity index (χ0v) is 10.2. The van der Waals surface area contributed by atoms with Crippen LogP contribution in [0.25, 0.3) is 0 Å². The van der Waals surface area contributed by atoms with Gasteiger partial charge in [0, 0.05) is 5.88 Å². The Bertz CT molecular complexity index is 224. The Kier molecular flexibility index (Phi) is 2.60. The largest absolute Gasteiger partial charge is 0.377 e. The standard InChI is InChI=1S/C12H21ClO/c1-11(2)9-4-5-12(11,3)8-10(9)14-7-6-13/h9-10H,4-8H2,1-3H3. The first kappa shape index (κ1) is 10.8. The van der Waals surface area contributed by atoms with Crippen molar-refractivity contribution in [2.45, 2.75) is 46.1 Å². The van der Waals surface area contributed by atoms with Gasteiger partial charge in [0.25, 0.3) is 0 Å². The topological polar surface area (TPSA) is 9.23 Å². The number of hydrogen-bond donors (Lipinski definition) is 0. The van der Waals surface area contributed by atoms with Gasteiger partial charge in [0.2, 0.25) is 0 Å². The molecule has 82 valence electrons. The lowest BCUT2D eigenvalue weighted by Crippen LogP contribution is -2.27. The number of rotatable bonds is 3. The van der Waals surface area contributed by atoms with Gasteiger partial charge in [-0.2, -0.15) is 0 Å². The molecule has 2 saturated carbocycles. The normalized spacial score (nSPS) is 44.6. The van der Waals surface area contributed by atoms with Gasteiger partial charge in [-0.1, -0.05) is 20.8 Å². The fraction of sp³-hybridized carbons (Fsp3) is 1.00. The fourth-order valence-electron chi connectivity index (χ4n) is 3.58. The number of fused-ring (bicyclic) bond motifs is 2. The average Bonchev–Trinajstić information content (AvgIpc) is 2.45. The smallest absolute Gasteiger partial charge is 0.0614 e. The summed E-state index contributed by atoms with van der Waals surface area (Å²) in [6, 6.07) is 0. The molecule has 0 aromatic heterocycles. The van der Waals surface area contributed by atoms with E-state index < -0.39 is 0 Å². The highest BCUT2D eigenvalue weighted by molar-refractivity contribution is 6.17. The summed E-state index contributed by atoms with van der Waals surface area (Å²) in [6.07, 6.45) is 4.44. The molecule has 1 nitrogen and oxygen atoms in total. The SMILES string of the molecule is CC12CCC(C(OCCCl)C1)C2(C)C. The minimum absolute atomic E-state index is 0.462. The maximum Gasteiger partial charge on any atom is 0.0614 e. The van der Waals surface area contributed by atoms with Crippen molar-refractivity contribution in [3.8, 4) is 0 Å². The van der Waals surface area contributed by atoms with E-state index in [1.165, 1.54) is 19.3 Å². The molecule has 2 bridgehead atoms. The first-order chi connectivity index (χ1) is 6.51. The van der Waals surface area contributed by atoms with E-state index in [0.717, 1.165) is 12.5 Å². The molecule has 3 atom stereocenters. The van der Waals surface area contributed by atoms with E-state index >= 15 is 0 Å². The second-order valence-corrected chi connectivity index (χ2v) is 6.11. The molecule has 0 amide bonds. The highest BCUT2D eigenvalue weighted by Gasteiger charge is 2.60. The van der Waals surface area contributed by atoms with E-state index in [4.69, 9.17) is 16.3 Å². The van der Waals surface area contributed by atoms with Crippen molar-refractivity contribution in [1.82, 2.24) is 0 Å². The molecule has 0 aromatic carbocycles. The van der Waals surface area contributed by atoms with Gasteiger partial charge in [0.05, 0.1) is 12.7 Å². The Balaban J connectivity index is 2.07. The van der Waals surface area contributed by atoms with Gasteiger partial charge >= 0.3 is 0 Å². The van der Waals surface area contributed by atoms with Crippen LogP contribution in [0.4, 0.5) is 0 Å². The van der Waals surface area contributed by atoms with Crippen molar-refractivity contribution < 1.29 is 4.74 Å². The van der Waals surface area contributed by atoms with Gasteiger partial charge < -0.3 is 4.74 Å². The predicted octanol–water partition coefficient (Wildman–Crippen LogP) is 3.46. The monoisotopic (exact) mass is 216 g/mol. The second-order valence-electron chi connectivity index (χ2n) is 5.73. The van der Waals surface area contributed by atoms with Crippen LogP contribution in [-0.2, 0) is 4.74 Å². The molecule has 14 heavy (non-hydrogen) atoms. The van der Waals surface area contributed by atoms with Crippen molar-refractivity contribution in [2.24, 2.45) is 16.7 Å². The molecule has 2 rings (SSSR count). The lowest BCUT2D eigenvalue weighted by Gasteiger charge is -2.33. The van der Waals surface area contributed by atoms with Crippen molar-refractivity contribution in [1.29, 1.82) is 0 Å². The Morgan fingerprint density at radius 3 is 2.50 bits per heavy atom. The molecule has 0 spiro atoms. The number of halogens is 1. The Morgan fingerprint density at radius 2 is 2.07 bits per heavy atom. The van der Waals surface area contributed by atoms with Crippen LogP contribution in [0.15, 0.2) is 0 Å². The van der Waals surface area contributed by atoms with Gasteiger partial charge in [-0.25, -0.2) is 0 Å². The molecule has 2 heteroatoms. The van der Waals surface area contributed by atoms with Crippen LogP contribution in [-0.4, -0.2) is 18.6 Å². The lowest BCUT2D eigenvalue weighted by molar-refractivity contribution is 0.0135. The Morgan fingerprint density at radius 1 is 1.36 bits per heavy atom. The van der Waals surface area contributed by atoms with Gasteiger partial charge in [-0.05, 0) is 36.0 Å². The first-order valence-electron chi connectivity index (χ1n) is 5.69. The van der Waals surface area contributed by atoms with Crippen molar-refractivity contribution in [3.63, 3.8) is 0 Å². The van der Waals surface area contributed by atoms with E-state index in [9.17, 15) is 0 Å². The minimum atomic E-state index is 0.462.